The summed E-state index contributed by atoms with van der Waals surface area (Å²) in [7, 11) is 0. The van der Waals surface area contributed by atoms with Crippen molar-refractivity contribution in [2.24, 2.45) is 0 Å². The zero-order chi connectivity index (χ0) is 16.8. The van der Waals surface area contributed by atoms with Crippen LogP contribution < -0.4 is 9.64 Å². The topological polar surface area (TPSA) is 42.4 Å². The summed E-state index contributed by atoms with van der Waals surface area (Å²) in [6.45, 7) is 2.65. The Morgan fingerprint density at radius 2 is 2.12 bits per heavy atom. The number of pyridine rings is 1. The molecule has 0 aliphatic carbocycles. The average molecular weight is 340 g/mol. The molecule has 1 amide bonds. The number of carbonyl (C=O) groups is 1. The van der Waals surface area contributed by atoms with Crippen molar-refractivity contribution in [3.05, 3.63) is 65.7 Å². The van der Waals surface area contributed by atoms with Crippen molar-refractivity contribution in [3.63, 3.8) is 0 Å². The molecule has 124 valence electrons. The highest BCUT2D eigenvalue weighted by atomic mass is 32.2. The molecule has 1 atom stereocenters. The summed E-state index contributed by atoms with van der Waals surface area (Å²) in [5.74, 6) is 1.29. The summed E-state index contributed by atoms with van der Waals surface area (Å²) < 4.78 is 5.65. The summed E-state index contributed by atoms with van der Waals surface area (Å²) in [6, 6.07) is 13.3. The molecule has 1 aromatic carbocycles. The Balaban J connectivity index is 1.67. The lowest BCUT2D eigenvalue weighted by atomic mass is 10.2. The number of allylic oxidation sites excluding steroid dienone is 1. The number of rotatable bonds is 6. The molecular formula is C19H20N2O2S. The number of aryl methyl sites for hydroxylation is 1. The molecule has 2 heterocycles. The van der Waals surface area contributed by atoms with Gasteiger partial charge in [0.15, 0.2) is 6.61 Å². The zero-order valence-corrected chi connectivity index (χ0v) is 14.4. The van der Waals surface area contributed by atoms with E-state index in [0.717, 1.165) is 12.0 Å². The van der Waals surface area contributed by atoms with Crippen LogP contribution in [0.1, 0.15) is 12.0 Å². The van der Waals surface area contributed by atoms with Crippen molar-refractivity contribution in [2.45, 2.75) is 18.6 Å². The zero-order valence-electron chi connectivity index (χ0n) is 13.6. The van der Waals surface area contributed by atoms with Gasteiger partial charge in [-0.05, 0) is 43.0 Å². The fourth-order valence-corrected chi connectivity index (χ4v) is 3.35. The van der Waals surface area contributed by atoms with E-state index in [2.05, 4.69) is 16.5 Å². The molecule has 24 heavy (non-hydrogen) atoms. The van der Waals surface area contributed by atoms with Gasteiger partial charge in [0.1, 0.15) is 11.6 Å². The monoisotopic (exact) mass is 340 g/mol. The summed E-state index contributed by atoms with van der Waals surface area (Å²) in [5, 5.41) is 2.46. The fraction of sp³-hybridized carbons (Fsp3) is 0.263. The number of anilines is 1. The van der Waals surface area contributed by atoms with Crippen LogP contribution in [0.25, 0.3) is 0 Å². The normalized spacial score (nSPS) is 16.1. The summed E-state index contributed by atoms with van der Waals surface area (Å²) in [6.07, 6.45) is 4.82. The van der Waals surface area contributed by atoms with E-state index < -0.39 is 0 Å². The highest BCUT2D eigenvalue weighted by Gasteiger charge is 2.23. The Morgan fingerprint density at radius 1 is 1.29 bits per heavy atom. The molecular weight excluding hydrogens is 320 g/mol. The number of ether oxygens (including phenoxy) is 1. The van der Waals surface area contributed by atoms with Crippen molar-refractivity contribution >= 4 is 23.5 Å². The second-order valence-electron chi connectivity index (χ2n) is 5.66. The Kier molecular flexibility index (Phi) is 5.54. The third-order valence-electron chi connectivity index (χ3n) is 3.76. The number of thioether (sulfide) groups is 1. The van der Waals surface area contributed by atoms with Crippen molar-refractivity contribution in [1.82, 2.24) is 4.98 Å². The van der Waals surface area contributed by atoms with Gasteiger partial charge in [-0.15, -0.1) is 11.8 Å². The minimum Gasteiger partial charge on any atom is -0.484 e. The maximum Gasteiger partial charge on any atom is 0.266 e. The molecule has 4 nitrogen and oxygen atoms in total. The van der Waals surface area contributed by atoms with Gasteiger partial charge < -0.3 is 4.74 Å². The third-order valence-corrected chi connectivity index (χ3v) is 4.84. The van der Waals surface area contributed by atoms with E-state index in [1.807, 2.05) is 49.4 Å². The summed E-state index contributed by atoms with van der Waals surface area (Å²) in [4.78, 5) is 18.8. The first-order valence-electron chi connectivity index (χ1n) is 7.94. The van der Waals surface area contributed by atoms with Gasteiger partial charge in [-0.25, -0.2) is 4.98 Å². The van der Waals surface area contributed by atoms with Crippen LogP contribution in [-0.2, 0) is 4.79 Å². The fourth-order valence-electron chi connectivity index (χ4n) is 2.44. The summed E-state index contributed by atoms with van der Waals surface area (Å²) in [5.41, 5.74) is 1.16. The number of nitrogens with zero attached hydrogens (tertiary/aromatic N) is 2. The molecule has 1 aromatic heterocycles. The molecule has 0 spiro atoms. The Hall–Kier alpha value is -2.27. The molecule has 1 aliphatic heterocycles. The minimum absolute atomic E-state index is 0.00442. The molecule has 1 aliphatic rings. The average Bonchev–Trinajstić information content (AvgIpc) is 3.13. The van der Waals surface area contributed by atoms with E-state index in [-0.39, 0.29) is 12.5 Å². The number of amides is 1. The molecule has 1 unspecified atom stereocenters. The van der Waals surface area contributed by atoms with Gasteiger partial charge in [-0.3, -0.25) is 9.69 Å². The second-order valence-corrected chi connectivity index (χ2v) is 6.87. The standard InChI is InChI=1S/C19H20N2O2S/c1-15-7-9-16(10-8-15)23-14-19(22)21(13-17-5-4-12-24-17)18-6-2-3-11-20-18/h2-4,6-12,17H,5,13-14H2,1H3. The van der Waals surface area contributed by atoms with Crippen LogP contribution in [-0.4, -0.2) is 29.3 Å². The molecule has 2 aromatic rings. The lowest BCUT2D eigenvalue weighted by Gasteiger charge is -2.24. The Bertz CT molecular complexity index is 693. The lowest BCUT2D eigenvalue weighted by Crippen LogP contribution is -2.39. The Morgan fingerprint density at radius 3 is 2.79 bits per heavy atom. The van der Waals surface area contributed by atoms with E-state index in [1.165, 1.54) is 0 Å². The van der Waals surface area contributed by atoms with Crippen LogP contribution >= 0.6 is 11.8 Å². The Labute approximate surface area is 146 Å². The van der Waals surface area contributed by atoms with Gasteiger partial charge in [0.05, 0.1) is 0 Å². The van der Waals surface area contributed by atoms with Crippen LogP contribution in [0.15, 0.2) is 60.1 Å². The van der Waals surface area contributed by atoms with Crippen LogP contribution in [0.4, 0.5) is 5.82 Å². The van der Waals surface area contributed by atoms with Crippen molar-refractivity contribution in [3.8, 4) is 5.75 Å². The first kappa shape index (κ1) is 16.6. The first-order valence-corrected chi connectivity index (χ1v) is 8.88. The van der Waals surface area contributed by atoms with E-state index in [4.69, 9.17) is 4.74 Å². The molecule has 0 radical (unpaired) electrons. The second kappa shape index (κ2) is 8.02. The number of carbonyl (C=O) groups excluding carboxylic acids is 1. The van der Waals surface area contributed by atoms with Gasteiger partial charge >= 0.3 is 0 Å². The molecule has 0 bridgehead atoms. The molecule has 3 rings (SSSR count). The first-order chi connectivity index (χ1) is 11.7. The van der Waals surface area contributed by atoms with E-state index in [0.29, 0.717) is 23.4 Å². The van der Waals surface area contributed by atoms with Gasteiger partial charge in [-0.2, -0.15) is 0 Å². The smallest absolute Gasteiger partial charge is 0.266 e. The third kappa shape index (κ3) is 4.38. The predicted molar refractivity (Wildman–Crippen MR) is 98.4 cm³/mol. The maximum atomic E-state index is 12.7. The largest absolute Gasteiger partial charge is 0.484 e. The van der Waals surface area contributed by atoms with Gasteiger partial charge in [-0.1, -0.05) is 29.8 Å². The lowest BCUT2D eigenvalue weighted by molar-refractivity contribution is -0.120. The maximum absolute atomic E-state index is 12.7. The van der Waals surface area contributed by atoms with Crippen LogP contribution in [0.2, 0.25) is 0 Å². The van der Waals surface area contributed by atoms with E-state index >= 15 is 0 Å². The van der Waals surface area contributed by atoms with Crippen molar-refractivity contribution in [1.29, 1.82) is 0 Å². The molecule has 0 saturated carbocycles. The van der Waals surface area contributed by atoms with Gasteiger partial charge in [0.25, 0.3) is 5.91 Å². The molecule has 0 fully saturated rings. The molecule has 0 N–H and O–H groups in total. The highest BCUT2D eigenvalue weighted by Crippen LogP contribution is 2.26. The number of hydrogen-bond acceptors (Lipinski definition) is 4. The van der Waals surface area contributed by atoms with E-state index in [1.54, 1.807) is 22.9 Å². The van der Waals surface area contributed by atoms with Gasteiger partial charge in [0.2, 0.25) is 0 Å². The predicted octanol–water partition coefficient (Wildman–Crippen LogP) is 3.82. The van der Waals surface area contributed by atoms with Crippen LogP contribution in [0.5, 0.6) is 5.75 Å². The van der Waals surface area contributed by atoms with Crippen LogP contribution in [0.3, 0.4) is 0 Å². The van der Waals surface area contributed by atoms with Crippen molar-refractivity contribution < 1.29 is 9.53 Å². The highest BCUT2D eigenvalue weighted by molar-refractivity contribution is 8.03. The quantitative estimate of drug-likeness (QED) is 0.802. The minimum atomic E-state index is -0.0817. The molecule has 0 saturated heterocycles. The van der Waals surface area contributed by atoms with Crippen molar-refractivity contribution in [2.75, 3.05) is 18.1 Å². The molecule has 5 heteroatoms. The SMILES string of the molecule is Cc1ccc(OCC(=O)N(CC2CC=CS2)c2ccccn2)cc1. The number of aromatic nitrogens is 1. The van der Waals surface area contributed by atoms with E-state index in [9.17, 15) is 4.79 Å². The number of benzene rings is 1. The summed E-state index contributed by atoms with van der Waals surface area (Å²) >= 11 is 1.76. The number of hydrogen-bond donors (Lipinski definition) is 0. The van der Waals surface area contributed by atoms with Crippen LogP contribution in [0, 0.1) is 6.92 Å². The van der Waals surface area contributed by atoms with Gasteiger partial charge in [0, 0.05) is 18.0 Å².